The first-order chi connectivity index (χ1) is 8.68. The van der Waals surface area contributed by atoms with E-state index in [0.29, 0.717) is 11.4 Å². The average molecular weight is 243 g/mol. The second-order valence-electron chi connectivity index (χ2n) is 3.86. The van der Waals surface area contributed by atoms with Crippen LogP contribution in [0.5, 0.6) is 5.88 Å². The number of benzene rings is 1. The van der Waals surface area contributed by atoms with Crippen molar-refractivity contribution in [3.63, 3.8) is 0 Å². The number of rotatable bonds is 4. The molecule has 2 aromatic rings. The summed E-state index contributed by atoms with van der Waals surface area (Å²) in [6.07, 6.45) is 1.63. The number of aromatic carboxylic acids is 1. The van der Waals surface area contributed by atoms with Crippen molar-refractivity contribution in [2.24, 2.45) is 0 Å². The number of pyridine rings is 1. The summed E-state index contributed by atoms with van der Waals surface area (Å²) in [4.78, 5) is 15.1. The van der Waals surface area contributed by atoms with Crippen LogP contribution in [0.2, 0.25) is 0 Å². The zero-order valence-electron chi connectivity index (χ0n) is 9.96. The maximum atomic E-state index is 11.1. The van der Waals surface area contributed by atoms with Crippen LogP contribution in [-0.4, -0.2) is 16.1 Å². The average Bonchev–Trinajstić information content (AvgIpc) is 2.38. The minimum absolute atomic E-state index is 0.200. The minimum Gasteiger partial charge on any atom is -0.478 e. The van der Waals surface area contributed by atoms with Crippen LogP contribution in [0, 0.1) is 6.92 Å². The predicted octanol–water partition coefficient (Wildman–Crippen LogP) is 2.67. The van der Waals surface area contributed by atoms with Crippen molar-refractivity contribution in [3.8, 4) is 5.88 Å². The molecule has 0 bridgehead atoms. The van der Waals surface area contributed by atoms with Gasteiger partial charge in [0, 0.05) is 17.8 Å². The van der Waals surface area contributed by atoms with E-state index in [-0.39, 0.29) is 12.2 Å². The van der Waals surface area contributed by atoms with Crippen LogP contribution in [0.3, 0.4) is 0 Å². The van der Waals surface area contributed by atoms with Gasteiger partial charge in [0.25, 0.3) is 0 Å². The molecule has 0 saturated heterocycles. The number of nitrogens with zero attached hydrogens (tertiary/aromatic N) is 1. The van der Waals surface area contributed by atoms with E-state index < -0.39 is 5.97 Å². The molecule has 0 atom stereocenters. The van der Waals surface area contributed by atoms with Crippen LogP contribution in [0.25, 0.3) is 0 Å². The molecular weight excluding hydrogens is 230 g/mol. The van der Waals surface area contributed by atoms with E-state index in [0.717, 1.165) is 5.56 Å². The van der Waals surface area contributed by atoms with Crippen LogP contribution in [0.15, 0.2) is 42.6 Å². The summed E-state index contributed by atoms with van der Waals surface area (Å²) in [6.45, 7) is 2.06. The van der Waals surface area contributed by atoms with Gasteiger partial charge >= 0.3 is 5.97 Å². The fourth-order valence-electron chi connectivity index (χ4n) is 1.67. The van der Waals surface area contributed by atoms with Gasteiger partial charge in [-0.05, 0) is 24.6 Å². The Bertz CT molecular complexity index is 552. The third-order valence-electron chi connectivity index (χ3n) is 2.64. The third kappa shape index (κ3) is 2.66. The maximum absolute atomic E-state index is 11.1. The molecule has 2 rings (SSSR count). The van der Waals surface area contributed by atoms with Crippen molar-refractivity contribution in [2.45, 2.75) is 13.5 Å². The molecule has 1 aromatic heterocycles. The number of carbonyl (C=O) groups is 1. The molecule has 4 heteroatoms. The highest BCUT2D eigenvalue weighted by molar-refractivity contribution is 5.89. The number of hydrogen-bond acceptors (Lipinski definition) is 3. The number of ether oxygens (including phenoxy) is 1. The van der Waals surface area contributed by atoms with Gasteiger partial charge < -0.3 is 9.84 Å². The topological polar surface area (TPSA) is 59.4 Å². The standard InChI is InChI=1S/C14H13NO3/c1-10-5-4-6-11(14(16)17)12(10)9-18-13-7-2-3-8-15-13/h2-8H,9H2,1H3,(H,16,17). The first kappa shape index (κ1) is 12.1. The highest BCUT2D eigenvalue weighted by Gasteiger charge is 2.12. The molecule has 0 saturated carbocycles. The lowest BCUT2D eigenvalue weighted by molar-refractivity contribution is 0.0693. The number of aryl methyl sites for hydroxylation is 1. The second-order valence-corrected chi connectivity index (χ2v) is 3.86. The van der Waals surface area contributed by atoms with E-state index in [1.807, 2.05) is 19.1 Å². The van der Waals surface area contributed by atoms with Crippen LogP contribution < -0.4 is 4.74 Å². The molecule has 18 heavy (non-hydrogen) atoms. The van der Waals surface area contributed by atoms with E-state index in [2.05, 4.69) is 4.98 Å². The van der Waals surface area contributed by atoms with E-state index in [1.54, 1.807) is 30.5 Å². The number of carboxylic acid groups (broad SMARTS) is 1. The van der Waals surface area contributed by atoms with E-state index in [9.17, 15) is 4.79 Å². The molecule has 0 unspecified atom stereocenters. The molecule has 1 heterocycles. The normalized spacial score (nSPS) is 10.1. The van der Waals surface area contributed by atoms with Crippen molar-refractivity contribution >= 4 is 5.97 Å². The Morgan fingerprint density at radius 1 is 1.28 bits per heavy atom. The quantitative estimate of drug-likeness (QED) is 0.896. The Kier molecular flexibility index (Phi) is 3.57. The lowest BCUT2D eigenvalue weighted by Crippen LogP contribution is -2.07. The van der Waals surface area contributed by atoms with Gasteiger partial charge in [0.15, 0.2) is 0 Å². The second kappa shape index (κ2) is 5.31. The maximum Gasteiger partial charge on any atom is 0.336 e. The van der Waals surface area contributed by atoms with Crippen LogP contribution in [0.4, 0.5) is 0 Å². The molecule has 92 valence electrons. The van der Waals surface area contributed by atoms with E-state index in [4.69, 9.17) is 9.84 Å². The Labute approximate surface area is 105 Å². The van der Waals surface area contributed by atoms with Gasteiger partial charge in [0.2, 0.25) is 5.88 Å². The Balaban J connectivity index is 2.21. The molecule has 0 radical (unpaired) electrons. The summed E-state index contributed by atoms with van der Waals surface area (Å²) in [5.74, 6) is -0.463. The molecule has 0 spiro atoms. The van der Waals surface area contributed by atoms with Gasteiger partial charge in [0.1, 0.15) is 6.61 Å². The highest BCUT2D eigenvalue weighted by atomic mass is 16.5. The highest BCUT2D eigenvalue weighted by Crippen LogP contribution is 2.17. The summed E-state index contributed by atoms with van der Waals surface area (Å²) >= 11 is 0. The Hall–Kier alpha value is -2.36. The van der Waals surface area contributed by atoms with Crippen molar-refractivity contribution < 1.29 is 14.6 Å². The van der Waals surface area contributed by atoms with Gasteiger partial charge in [-0.2, -0.15) is 0 Å². The molecule has 1 N–H and O–H groups in total. The fraction of sp³-hybridized carbons (Fsp3) is 0.143. The first-order valence-electron chi connectivity index (χ1n) is 5.54. The van der Waals surface area contributed by atoms with Gasteiger partial charge in [-0.3, -0.25) is 0 Å². The van der Waals surface area contributed by atoms with E-state index >= 15 is 0 Å². The smallest absolute Gasteiger partial charge is 0.336 e. The monoisotopic (exact) mass is 243 g/mol. The molecule has 1 aromatic carbocycles. The fourth-order valence-corrected chi connectivity index (χ4v) is 1.67. The van der Waals surface area contributed by atoms with E-state index in [1.165, 1.54) is 0 Å². The van der Waals surface area contributed by atoms with Crippen LogP contribution in [-0.2, 0) is 6.61 Å². The molecule has 0 aliphatic heterocycles. The van der Waals surface area contributed by atoms with Crippen LogP contribution in [0.1, 0.15) is 21.5 Å². The minimum atomic E-state index is -0.946. The van der Waals surface area contributed by atoms with Crippen molar-refractivity contribution in [3.05, 3.63) is 59.3 Å². The predicted molar refractivity (Wildman–Crippen MR) is 66.7 cm³/mol. The van der Waals surface area contributed by atoms with Crippen molar-refractivity contribution in [1.82, 2.24) is 4.98 Å². The number of carboxylic acids is 1. The summed E-state index contributed by atoms with van der Waals surface area (Å²) < 4.78 is 5.49. The Morgan fingerprint density at radius 2 is 2.11 bits per heavy atom. The van der Waals surface area contributed by atoms with Gasteiger partial charge in [0.05, 0.1) is 5.56 Å². The molecule has 0 fully saturated rings. The van der Waals surface area contributed by atoms with Gasteiger partial charge in [-0.15, -0.1) is 0 Å². The van der Waals surface area contributed by atoms with Gasteiger partial charge in [-0.25, -0.2) is 9.78 Å². The molecule has 4 nitrogen and oxygen atoms in total. The first-order valence-corrected chi connectivity index (χ1v) is 5.54. The molecule has 0 aliphatic carbocycles. The summed E-state index contributed by atoms with van der Waals surface area (Å²) in [5.41, 5.74) is 1.84. The SMILES string of the molecule is Cc1cccc(C(=O)O)c1COc1ccccn1. The summed E-state index contributed by atoms with van der Waals surface area (Å²) in [6, 6.07) is 10.5. The molecule has 0 aliphatic rings. The van der Waals surface area contributed by atoms with Crippen LogP contribution >= 0.6 is 0 Å². The lowest BCUT2D eigenvalue weighted by Gasteiger charge is -2.10. The third-order valence-corrected chi connectivity index (χ3v) is 2.64. The zero-order chi connectivity index (χ0) is 13.0. The molecular formula is C14H13NO3. The summed E-state index contributed by atoms with van der Waals surface area (Å²) in [5, 5.41) is 9.12. The van der Waals surface area contributed by atoms with Crippen molar-refractivity contribution in [2.75, 3.05) is 0 Å². The molecule has 0 amide bonds. The number of hydrogen-bond donors (Lipinski definition) is 1. The Morgan fingerprint density at radius 3 is 2.78 bits per heavy atom. The summed E-state index contributed by atoms with van der Waals surface area (Å²) in [7, 11) is 0. The van der Waals surface area contributed by atoms with Crippen molar-refractivity contribution in [1.29, 1.82) is 0 Å². The number of aromatic nitrogens is 1. The van der Waals surface area contributed by atoms with Gasteiger partial charge in [-0.1, -0.05) is 18.2 Å². The lowest BCUT2D eigenvalue weighted by atomic mass is 10.0. The largest absolute Gasteiger partial charge is 0.478 e. The zero-order valence-corrected chi connectivity index (χ0v) is 9.96.